The Hall–Kier alpha value is -2.81. The predicted molar refractivity (Wildman–Crippen MR) is 123 cm³/mol. The number of ether oxygens (including phenoxy) is 1. The van der Waals surface area contributed by atoms with Gasteiger partial charge < -0.3 is 14.5 Å². The molecule has 0 unspecified atom stereocenters. The minimum absolute atomic E-state index is 0.0946. The molecule has 1 amide bonds. The van der Waals surface area contributed by atoms with Crippen molar-refractivity contribution >= 4 is 50.9 Å². The van der Waals surface area contributed by atoms with Crippen LogP contribution in [0.1, 0.15) is 21.9 Å². The number of anilines is 1. The van der Waals surface area contributed by atoms with E-state index in [1.165, 1.54) is 22.9 Å². The Morgan fingerprint density at radius 3 is 2.78 bits per heavy atom. The third-order valence-corrected chi connectivity index (χ3v) is 5.56. The minimum atomic E-state index is -0.480. The molecule has 0 aliphatic carbocycles. The molecule has 0 radical (unpaired) electrons. The third-order valence-electron chi connectivity index (χ3n) is 4.41. The monoisotopic (exact) mass is 537 g/mol. The lowest BCUT2D eigenvalue weighted by Crippen LogP contribution is -2.12. The van der Waals surface area contributed by atoms with E-state index < -0.39 is 11.7 Å². The summed E-state index contributed by atoms with van der Waals surface area (Å²) in [5, 5.41) is 7.63. The van der Waals surface area contributed by atoms with Crippen LogP contribution in [0, 0.1) is 5.82 Å². The molecule has 0 saturated heterocycles. The number of hydrogen-bond donors (Lipinski definition) is 1. The van der Waals surface area contributed by atoms with Crippen molar-refractivity contribution in [2.45, 2.75) is 13.2 Å². The molecule has 0 atom stereocenters. The maximum Gasteiger partial charge on any atom is 0.292 e. The molecule has 6 nitrogen and oxygen atoms in total. The van der Waals surface area contributed by atoms with Crippen LogP contribution >= 0.6 is 39.1 Å². The molecule has 0 spiro atoms. The average molecular weight is 539 g/mol. The fourth-order valence-corrected chi connectivity index (χ4v) is 3.81. The van der Waals surface area contributed by atoms with Crippen molar-refractivity contribution in [1.29, 1.82) is 0 Å². The topological polar surface area (TPSA) is 69.3 Å². The van der Waals surface area contributed by atoms with Gasteiger partial charge in [0.25, 0.3) is 5.91 Å². The zero-order chi connectivity index (χ0) is 22.7. The van der Waals surface area contributed by atoms with Gasteiger partial charge in [-0.1, -0.05) is 45.2 Å². The van der Waals surface area contributed by atoms with Crippen LogP contribution in [0.25, 0.3) is 0 Å². The molecular weight excluding hydrogens is 524 g/mol. The lowest BCUT2D eigenvalue weighted by molar-refractivity contribution is 0.0992. The van der Waals surface area contributed by atoms with Gasteiger partial charge in [-0.2, -0.15) is 5.10 Å². The van der Waals surface area contributed by atoms with Crippen LogP contribution in [0.15, 0.2) is 69.7 Å². The molecule has 1 N–H and O–H groups in total. The molecule has 0 aliphatic heterocycles. The first-order chi connectivity index (χ1) is 15.4. The number of carbonyl (C=O) groups is 1. The normalized spacial score (nSPS) is 10.9. The standard InChI is InChI=1S/C22H15BrCl2FN3O3/c23-13-4-6-19(17(25)10-13)31-12-14-5-7-20(32-14)22(30)27-21-8-9-29(28-21)11-15-16(24)2-1-3-18(15)26/h1-10H,11-12H2,(H,27,28,30). The molecule has 0 bridgehead atoms. The molecular formula is C22H15BrCl2FN3O3. The van der Waals surface area contributed by atoms with Crippen molar-refractivity contribution in [2.24, 2.45) is 0 Å². The van der Waals surface area contributed by atoms with E-state index in [1.807, 2.05) is 6.07 Å². The molecule has 2 aromatic heterocycles. The fourth-order valence-electron chi connectivity index (χ4n) is 2.86. The summed E-state index contributed by atoms with van der Waals surface area (Å²) in [6.07, 6.45) is 1.61. The van der Waals surface area contributed by atoms with Crippen molar-refractivity contribution in [3.8, 4) is 5.75 Å². The second kappa shape index (κ2) is 9.77. The maximum absolute atomic E-state index is 14.0. The number of carbonyl (C=O) groups excluding carboxylic acids is 1. The van der Waals surface area contributed by atoms with Crippen LogP contribution in [0.2, 0.25) is 10.0 Å². The first-order valence-corrected chi connectivity index (χ1v) is 10.9. The van der Waals surface area contributed by atoms with E-state index in [-0.39, 0.29) is 18.9 Å². The summed E-state index contributed by atoms with van der Waals surface area (Å²) in [7, 11) is 0. The Kier molecular flexibility index (Phi) is 6.83. The van der Waals surface area contributed by atoms with Crippen LogP contribution in [0.3, 0.4) is 0 Å². The summed E-state index contributed by atoms with van der Waals surface area (Å²) in [5.74, 6) is 0.433. The van der Waals surface area contributed by atoms with Crippen molar-refractivity contribution in [2.75, 3.05) is 5.32 Å². The number of aromatic nitrogens is 2. The highest BCUT2D eigenvalue weighted by Crippen LogP contribution is 2.28. The Labute approximate surface area is 201 Å². The van der Waals surface area contributed by atoms with Crippen LogP contribution in [0.5, 0.6) is 5.75 Å². The van der Waals surface area contributed by atoms with Gasteiger partial charge in [-0.05, 0) is 42.5 Å². The maximum atomic E-state index is 14.0. The summed E-state index contributed by atoms with van der Waals surface area (Å²) in [5.41, 5.74) is 0.316. The van der Waals surface area contributed by atoms with Gasteiger partial charge >= 0.3 is 0 Å². The van der Waals surface area contributed by atoms with Gasteiger partial charge in [-0.15, -0.1) is 0 Å². The molecule has 2 aromatic carbocycles. The summed E-state index contributed by atoms with van der Waals surface area (Å²) in [6, 6.07) is 14.5. The number of halogens is 4. The highest BCUT2D eigenvalue weighted by molar-refractivity contribution is 9.10. The first-order valence-electron chi connectivity index (χ1n) is 9.33. The molecule has 32 heavy (non-hydrogen) atoms. The van der Waals surface area contributed by atoms with Gasteiger partial charge in [-0.25, -0.2) is 4.39 Å². The van der Waals surface area contributed by atoms with E-state index in [0.29, 0.717) is 32.9 Å². The largest absolute Gasteiger partial charge is 0.484 e. The number of furan rings is 1. The van der Waals surface area contributed by atoms with Crippen LogP contribution < -0.4 is 10.1 Å². The second-order valence-corrected chi connectivity index (χ2v) is 8.41. The van der Waals surface area contributed by atoms with Crippen LogP contribution in [-0.4, -0.2) is 15.7 Å². The third kappa shape index (κ3) is 5.32. The number of benzene rings is 2. The summed E-state index contributed by atoms with van der Waals surface area (Å²) < 4.78 is 27.5. The Morgan fingerprint density at radius 2 is 2.00 bits per heavy atom. The van der Waals surface area contributed by atoms with Gasteiger partial charge in [0.1, 0.15) is 23.9 Å². The van der Waals surface area contributed by atoms with Crippen LogP contribution in [0.4, 0.5) is 10.2 Å². The molecule has 4 rings (SSSR count). The number of rotatable bonds is 7. The van der Waals surface area contributed by atoms with Crippen molar-refractivity contribution in [1.82, 2.24) is 9.78 Å². The summed E-state index contributed by atoms with van der Waals surface area (Å²) >= 11 is 15.5. The highest BCUT2D eigenvalue weighted by Gasteiger charge is 2.15. The van der Waals surface area contributed by atoms with Gasteiger partial charge in [0.05, 0.1) is 11.6 Å². The van der Waals surface area contributed by atoms with Gasteiger partial charge in [0, 0.05) is 27.3 Å². The summed E-state index contributed by atoms with van der Waals surface area (Å²) in [6.45, 7) is 0.231. The molecule has 164 valence electrons. The van der Waals surface area contributed by atoms with E-state index in [2.05, 4.69) is 26.3 Å². The number of hydrogen-bond acceptors (Lipinski definition) is 4. The van der Waals surface area contributed by atoms with E-state index in [1.54, 1.807) is 36.5 Å². The molecule has 2 heterocycles. The van der Waals surface area contributed by atoms with E-state index >= 15 is 0 Å². The quantitative estimate of drug-likeness (QED) is 0.289. The fraction of sp³-hybridized carbons (Fsp3) is 0.0909. The Bertz CT molecular complexity index is 1250. The summed E-state index contributed by atoms with van der Waals surface area (Å²) in [4.78, 5) is 12.5. The van der Waals surface area contributed by atoms with Crippen molar-refractivity contribution < 1.29 is 18.3 Å². The van der Waals surface area contributed by atoms with Crippen LogP contribution in [-0.2, 0) is 13.2 Å². The number of nitrogens with one attached hydrogen (secondary N) is 1. The SMILES string of the molecule is O=C(Nc1ccn(Cc2c(F)cccc2Cl)n1)c1ccc(COc2ccc(Br)cc2Cl)o1. The van der Waals surface area contributed by atoms with Gasteiger partial charge in [-0.3, -0.25) is 9.48 Å². The smallest absolute Gasteiger partial charge is 0.292 e. The predicted octanol–water partition coefficient (Wildman–Crippen LogP) is 6.56. The molecule has 0 saturated carbocycles. The number of amides is 1. The second-order valence-electron chi connectivity index (χ2n) is 6.68. The minimum Gasteiger partial charge on any atom is -0.484 e. The Morgan fingerprint density at radius 1 is 1.16 bits per heavy atom. The van der Waals surface area contributed by atoms with Gasteiger partial charge in [0.2, 0.25) is 0 Å². The first kappa shape index (κ1) is 22.4. The van der Waals surface area contributed by atoms with Crippen molar-refractivity contribution in [3.05, 3.63) is 98.2 Å². The van der Waals surface area contributed by atoms with E-state index in [4.69, 9.17) is 32.4 Å². The number of nitrogens with zero attached hydrogens (tertiary/aromatic N) is 2. The zero-order valence-corrected chi connectivity index (χ0v) is 19.4. The lowest BCUT2D eigenvalue weighted by atomic mass is 10.2. The Balaban J connectivity index is 1.36. The molecule has 4 aromatic rings. The lowest BCUT2D eigenvalue weighted by Gasteiger charge is -2.06. The van der Waals surface area contributed by atoms with Crippen molar-refractivity contribution in [3.63, 3.8) is 0 Å². The highest BCUT2D eigenvalue weighted by atomic mass is 79.9. The molecule has 10 heteroatoms. The zero-order valence-electron chi connectivity index (χ0n) is 16.3. The molecule has 0 aliphatic rings. The van der Waals surface area contributed by atoms with Gasteiger partial charge in [0.15, 0.2) is 11.6 Å². The average Bonchev–Trinajstić information content (AvgIpc) is 3.40. The molecule has 0 fully saturated rings. The van der Waals surface area contributed by atoms with E-state index in [0.717, 1.165) is 4.47 Å². The van der Waals surface area contributed by atoms with E-state index in [9.17, 15) is 9.18 Å².